The lowest BCUT2D eigenvalue weighted by Gasteiger charge is -2.19. The summed E-state index contributed by atoms with van der Waals surface area (Å²) in [7, 11) is 1.56. The van der Waals surface area contributed by atoms with Gasteiger partial charge in [0.1, 0.15) is 11.3 Å². The topological polar surface area (TPSA) is 68.5 Å². The van der Waals surface area contributed by atoms with Crippen LogP contribution in [0.15, 0.2) is 71.1 Å². The number of ketones is 1. The van der Waals surface area contributed by atoms with Gasteiger partial charge in [0.25, 0.3) is 5.91 Å². The summed E-state index contributed by atoms with van der Waals surface area (Å²) in [6.07, 6.45) is 0. The highest BCUT2D eigenvalue weighted by atomic mass is 16.5. The first-order valence-electron chi connectivity index (χ1n) is 10.8. The van der Waals surface area contributed by atoms with Crippen LogP contribution in [0, 0.1) is 6.92 Å². The molecule has 1 amide bonds. The highest BCUT2D eigenvalue weighted by molar-refractivity contribution is 6.11. The Morgan fingerprint density at radius 1 is 0.909 bits per heavy atom. The van der Waals surface area contributed by atoms with Crippen LogP contribution in [0.2, 0.25) is 0 Å². The highest BCUT2D eigenvalue weighted by Crippen LogP contribution is 2.30. The monoisotopic (exact) mass is 441 g/mol. The summed E-state index contributed by atoms with van der Waals surface area (Å²) >= 11 is 0. The van der Waals surface area contributed by atoms with Crippen LogP contribution in [0.25, 0.3) is 11.0 Å². The molecule has 0 unspecified atom stereocenters. The van der Waals surface area contributed by atoms with Crippen LogP contribution >= 0.6 is 0 Å². The van der Waals surface area contributed by atoms with E-state index in [1.807, 2.05) is 37.3 Å². The van der Waals surface area contributed by atoms with Gasteiger partial charge in [0.15, 0.2) is 5.76 Å². The highest BCUT2D eigenvalue weighted by Gasteiger charge is 2.20. The lowest BCUT2D eigenvalue weighted by atomic mass is 9.87. The zero-order chi connectivity index (χ0) is 23.8. The lowest BCUT2D eigenvalue weighted by molar-refractivity contribution is 0.101. The second-order valence-corrected chi connectivity index (χ2v) is 9.11. The minimum atomic E-state index is -0.216. The SMILES string of the molecule is COc1cccc(C(=O)c2oc3ccc(NC(=O)c4ccc(C(C)(C)C)cc4)cc3c2C)c1. The minimum absolute atomic E-state index is 0.0267. The molecule has 4 rings (SSSR count). The van der Waals surface area contributed by atoms with Crippen molar-refractivity contribution in [2.24, 2.45) is 0 Å². The molecule has 0 aliphatic heterocycles. The number of fused-ring (bicyclic) bond motifs is 1. The predicted molar refractivity (Wildman–Crippen MR) is 130 cm³/mol. The maximum absolute atomic E-state index is 13.0. The summed E-state index contributed by atoms with van der Waals surface area (Å²) < 4.78 is 11.1. The molecule has 4 aromatic rings. The molecule has 5 heteroatoms. The van der Waals surface area contributed by atoms with E-state index in [0.29, 0.717) is 28.1 Å². The van der Waals surface area contributed by atoms with Crippen LogP contribution in [0.5, 0.6) is 5.75 Å². The van der Waals surface area contributed by atoms with Gasteiger partial charge >= 0.3 is 0 Å². The van der Waals surface area contributed by atoms with Gasteiger partial charge in [-0.05, 0) is 60.4 Å². The minimum Gasteiger partial charge on any atom is -0.497 e. The van der Waals surface area contributed by atoms with Crippen LogP contribution in [0.4, 0.5) is 5.69 Å². The standard InChI is InChI=1S/C28H27NO4/c1-17-23-16-21(29-27(31)18-9-11-20(12-10-18)28(2,3)4)13-14-24(23)33-26(17)25(30)19-7-6-8-22(15-19)32-5/h6-16H,1-5H3,(H,29,31). The Kier molecular flexibility index (Phi) is 5.81. The molecule has 0 fully saturated rings. The molecule has 0 spiro atoms. The molecule has 0 saturated heterocycles. The van der Waals surface area contributed by atoms with Crippen molar-refractivity contribution in [3.63, 3.8) is 0 Å². The Bertz CT molecular complexity index is 1340. The third-order valence-corrected chi connectivity index (χ3v) is 5.75. The number of carbonyl (C=O) groups excluding carboxylic acids is 2. The summed E-state index contributed by atoms with van der Waals surface area (Å²) in [5.41, 5.74) is 4.22. The average molecular weight is 442 g/mol. The summed E-state index contributed by atoms with van der Waals surface area (Å²) in [4.78, 5) is 25.8. The summed E-state index contributed by atoms with van der Waals surface area (Å²) in [6.45, 7) is 8.25. The van der Waals surface area contributed by atoms with Gasteiger partial charge in [-0.1, -0.05) is 45.0 Å². The molecule has 168 valence electrons. The van der Waals surface area contributed by atoms with E-state index in [1.165, 1.54) is 5.56 Å². The lowest BCUT2D eigenvalue weighted by Crippen LogP contribution is -2.14. The Balaban J connectivity index is 1.59. The zero-order valence-corrected chi connectivity index (χ0v) is 19.5. The average Bonchev–Trinajstić information content (AvgIpc) is 3.14. The van der Waals surface area contributed by atoms with E-state index < -0.39 is 0 Å². The number of methoxy groups -OCH3 is 1. The van der Waals surface area contributed by atoms with Crippen molar-refractivity contribution in [3.05, 3.63) is 94.7 Å². The van der Waals surface area contributed by atoms with Crippen LogP contribution in [-0.4, -0.2) is 18.8 Å². The Morgan fingerprint density at radius 2 is 1.64 bits per heavy atom. The fourth-order valence-electron chi connectivity index (χ4n) is 3.74. The number of rotatable bonds is 5. The molecule has 1 heterocycles. The molecule has 1 N–H and O–H groups in total. The van der Waals surface area contributed by atoms with E-state index in [4.69, 9.17) is 9.15 Å². The Hall–Kier alpha value is -3.86. The molecule has 0 saturated carbocycles. The zero-order valence-electron chi connectivity index (χ0n) is 19.5. The summed E-state index contributed by atoms with van der Waals surface area (Å²) in [5, 5.41) is 3.72. The van der Waals surface area contributed by atoms with Crippen LogP contribution in [0.1, 0.15) is 58.4 Å². The van der Waals surface area contributed by atoms with E-state index in [0.717, 1.165) is 10.9 Å². The molecule has 1 aromatic heterocycles. The maximum Gasteiger partial charge on any atom is 0.255 e. The van der Waals surface area contributed by atoms with Crippen molar-refractivity contribution in [1.82, 2.24) is 0 Å². The van der Waals surface area contributed by atoms with E-state index in [9.17, 15) is 9.59 Å². The van der Waals surface area contributed by atoms with Crippen molar-refractivity contribution in [3.8, 4) is 5.75 Å². The number of carbonyl (C=O) groups is 2. The summed E-state index contributed by atoms with van der Waals surface area (Å²) in [5.74, 6) is 0.477. The van der Waals surface area contributed by atoms with E-state index in [2.05, 4.69) is 26.1 Å². The quantitative estimate of drug-likeness (QED) is 0.358. The fraction of sp³-hybridized carbons (Fsp3) is 0.214. The van der Waals surface area contributed by atoms with Crippen LogP contribution in [-0.2, 0) is 5.41 Å². The van der Waals surface area contributed by atoms with Gasteiger partial charge in [-0.3, -0.25) is 9.59 Å². The smallest absolute Gasteiger partial charge is 0.255 e. The third-order valence-electron chi connectivity index (χ3n) is 5.75. The second kappa shape index (κ2) is 8.58. The first-order chi connectivity index (χ1) is 15.7. The maximum atomic E-state index is 13.0. The number of furan rings is 1. The van der Waals surface area contributed by atoms with Crippen molar-refractivity contribution in [2.75, 3.05) is 12.4 Å². The number of amides is 1. The normalized spacial score (nSPS) is 11.4. The van der Waals surface area contributed by atoms with Crippen molar-refractivity contribution in [1.29, 1.82) is 0 Å². The first-order valence-corrected chi connectivity index (χ1v) is 10.8. The molecule has 5 nitrogen and oxygen atoms in total. The molecule has 0 radical (unpaired) electrons. The number of benzene rings is 3. The molecule has 33 heavy (non-hydrogen) atoms. The second-order valence-electron chi connectivity index (χ2n) is 9.11. The molecule has 0 atom stereocenters. The van der Waals surface area contributed by atoms with Crippen molar-refractivity contribution in [2.45, 2.75) is 33.1 Å². The largest absolute Gasteiger partial charge is 0.497 e. The molecular weight excluding hydrogens is 414 g/mol. The van der Waals surface area contributed by atoms with Gasteiger partial charge in [-0.15, -0.1) is 0 Å². The van der Waals surface area contributed by atoms with Gasteiger partial charge in [0, 0.05) is 27.8 Å². The van der Waals surface area contributed by atoms with E-state index in [-0.39, 0.29) is 22.9 Å². The molecule has 0 aliphatic carbocycles. The third kappa shape index (κ3) is 4.53. The van der Waals surface area contributed by atoms with Gasteiger partial charge in [0.05, 0.1) is 7.11 Å². The van der Waals surface area contributed by atoms with Gasteiger partial charge in [-0.2, -0.15) is 0 Å². The van der Waals surface area contributed by atoms with Crippen molar-refractivity contribution >= 4 is 28.3 Å². The number of anilines is 1. The number of nitrogens with one attached hydrogen (secondary N) is 1. The molecule has 0 bridgehead atoms. The fourth-order valence-corrected chi connectivity index (χ4v) is 3.74. The molecule has 0 aliphatic rings. The number of ether oxygens (including phenoxy) is 1. The number of aryl methyl sites for hydroxylation is 1. The first kappa shape index (κ1) is 22.3. The Morgan fingerprint density at radius 3 is 2.30 bits per heavy atom. The van der Waals surface area contributed by atoms with Gasteiger partial charge < -0.3 is 14.5 Å². The van der Waals surface area contributed by atoms with Gasteiger partial charge in [0.2, 0.25) is 5.78 Å². The van der Waals surface area contributed by atoms with Crippen molar-refractivity contribution < 1.29 is 18.7 Å². The van der Waals surface area contributed by atoms with E-state index in [1.54, 1.807) is 43.5 Å². The number of hydrogen-bond acceptors (Lipinski definition) is 4. The predicted octanol–water partition coefficient (Wildman–Crippen LogP) is 6.53. The van der Waals surface area contributed by atoms with Crippen LogP contribution < -0.4 is 10.1 Å². The molecular formula is C28H27NO4. The van der Waals surface area contributed by atoms with E-state index >= 15 is 0 Å². The van der Waals surface area contributed by atoms with Gasteiger partial charge in [-0.25, -0.2) is 0 Å². The number of hydrogen-bond donors (Lipinski definition) is 1. The van der Waals surface area contributed by atoms with Crippen LogP contribution in [0.3, 0.4) is 0 Å². The summed E-state index contributed by atoms with van der Waals surface area (Å²) in [6, 6.07) is 20.0. The molecule has 3 aromatic carbocycles. The Labute approximate surface area is 193 Å².